The average molecular weight is 341 g/mol. The van der Waals surface area contributed by atoms with Gasteiger partial charge in [-0.05, 0) is 31.2 Å². The van der Waals surface area contributed by atoms with Gasteiger partial charge in [-0.1, -0.05) is 11.6 Å². The van der Waals surface area contributed by atoms with Crippen molar-refractivity contribution in [3.8, 4) is 6.07 Å². The fraction of sp³-hybridized carbons (Fsp3) is 0.176. The van der Waals surface area contributed by atoms with E-state index in [1.54, 1.807) is 31.2 Å². The molecular weight excluding hydrogens is 328 g/mol. The van der Waals surface area contributed by atoms with E-state index in [4.69, 9.17) is 21.6 Å². The van der Waals surface area contributed by atoms with Crippen LogP contribution in [-0.4, -0.2) is 23.4 Å². The Labute approximate surface area is 143 Å². The number of nitrogens with one attached hydrogen (secondary N) is 1. The van der Waals surface area contributed by atoms with Crippen molar-refractivity contribution in [2.45, 2.75) is 13.3 Å². The number of anilines is 1. The first-order chi connectivity index (χ1) is 11.6. The van der Waals surface area contributed by atoms with E-state index in [0.717, 1.165) is 11.3 Å². The van der Waals surface area contributed by atoms with Gasteiger partial charge in [0.15, 0.2) is 5.82 Å². The van der Waals surface area contributed by atoms with Crippen molar-refractivity contribution >= 4 is 34.9 Å². The summed E-state index contributed by atoms with van der Waals surface area (Å²) in [5.74, 6) is 0.587. The van der Waals surface area contributed by atoms with Crippen molar-refractivity contribution in [1.82, 2.24) is 4.98 Å². The van der Waals surface area contributed by atoms with E-state index in [9.17, 15) is 4.79 Å². The molecule has 1 aliphatic heterocycles. The number of aromatic nitrogens is 1. The van der Waals surface area contributed by atoms with E-state index in [-0.39, 0.29) is 0 Å². The zero-order chi connectivity index (χ0) is 17.1. The van der Waals surface area contributed by atoms with E-state index in [0.29, 0.717) is 40.7 Å². The second kappa shape index (κ2) is 6.69. The number of carbonyl (C=O) groups is 1. The Hall–Kier alpha value is -2.91. The molecule has 0 bridgehead atoms. The lowest BCUT2D eigenvalue weighted by molar-refractivity contribution is 0.168. The summed E-state index contributed by atoms with van der Waals surface area (Å²) >= 11 is 6.28. The standard InChI is InChI=1S/C17H13ClN4O2/c1-2-24-17(23)21-12-3-4-14(18)13(7-12)15-6-11-5-10(8-19)9-20-16(11)22-15/h3-5,7,9H,2,6H2,1H3,(H,21,23). The van der Waals surface area contributed by atoms with Gasteiger partial charge in [-0.15, -0.1) is 0 Å². The van der Waals surface area contributed by atoms with Crippen LogP contribution < -0.4 is 5.32 Å². The Bertz CT molecular complexity index is 887. The van der Waals surface area contributed by atoms with Crippen LogP contribution >= 0.6 is 11.6 Å². The van der Waals surface area contributed by atoms with Crippen molar-refractivity contribution in [1.29, 1.82) is 5.26 Å². The number of fused-ring (bicyclic) bond motifs is 1. The van der Waals surface area contributed by atoms with Crippen molar-refractivity contribution in [2.75, 3.05) is 11.9 Å². The smallest absolute Gasteiger partial charge is 0.411 e. The third-order valence-electron chi connectivity index (χ3n) is 3.47. The summed E-state index contributed by atoms with van der Waals surface area (Å²) in [6.07, 6.45) is 1.49. The van der Waals surface area contributed by atoms with Crippen molar-refractivity contribution in [3.05, 3.63) is 52.2 Å². The van der Waals surface area contributed by atoms with Crippen LogP contribution in [0, 0.1) is 11.3 Å². The molecule has 2 heterocycles. The number of nitrogens with zero attached hydrogens (tertiary/aromatic N) is 3. The number of ether oxygens (including phenoxy) is 1. The molecule has 24 heavy (non-hydrogen) atoms. The molecule has 0 aliphatic carbocycles. The molecule has 7 heteroatoms. The molecule has 0 saturated carbocycles. The quantitative estimate of drug-likeness (QED) is 0.919. The number of aliphatic imine (C=N–C) groups is 1. The number of pyridine rings is 1. The molecule has 0 fully saturated rings. The Balaban J connectivity index is 1.88. The zero-order valence-electron chi connectivity index (χ0n) is 12.8. The molecule has 6 nitrogen and oxygen atoms in total. The van der Waals surface area contributed by atoms with Crippen LogP contribution in [0.2, 0.25) is 5.02 Å². The second-order valence-corrected chi connectivity index (χ2v) is 5.50. The predicted molar refractivity (Wildman–Crippen MR) is 90.9 cm³/mol. The normalized spacial score (nSPS) is 12.1. The fourth-order valence-corrected chi connectivity index (χ4v) is 2.63. The largest absolute Gasteiger partial charge is 0.450 e. The van der Waals surface area contributed by atoms with Gasteiger partial charge in [-0.25, -0.2) is 14.8 Å². The van der Waals surface area contributed by atoms with Crippen LogP contribution in [0.15, 0.2) is 35.5 Å². The lowest BCUT2D eigenvalue weighted by atomic mass is 10.0. The van der Waals surface area contributed by atoms with Gasteiger partial charge < -0.3 is 4.74 Å². The summed E-state index contributed by atoms with van der Waals surface area (Å²) in [4.78, 5) is 20.2. The summed E-state index contributed by atoms with van der Waals surface area (Å²) in [6, 6.07) is 8.97. The Morgan fingerprint density at radius 1 is 1.46 bits per heavy atom. The second-order valence-electron chi connectivity index (χ2n) is 5.09. The minimum Gasteiger partial charge on any atom is -0.450 e. The number of amides is 1. The van der Waals surface area contributed by atoms with Gasteiger partial charge in [0.05, 0.1) is 17.9 Å². The van der Waals surface area contributed by atoms with Crippen molar-refractivity contribution in [3.63, 3.8) is 0 Å². The first-order valence-electron chi connectivity index (χ1n) is 7.31. The summed E-state index contributed by atoms with van der Waals surface area (Å²) in [5, 5.41) is 12.1. The maximum Gasteiger partial charge on any atom is 0.411 e. The maximum atomic E-state index is 11.5. The Morgan fingerprint density at radius 3 is 3.04 bits per heavy atom. The van der Waals surface area contributed by atoms with E-state index >= 15 is 0 Å². The summed E-state index contributed by atoms with van der Waals surface area (Å²) in [6.45, 7) is 2.03. The summed E-state index contributed by atoms with van der Waals surface area (Å²) in [5.41, 5.74) is 3.39. The molecule has 1 aliphatic rings. The molecule has 1 N–H and O–H groups in total. The third kappa shape index (κ3) is 3.21. The lowest BCUT2D eigenvalue weighted by Gasteiger charge is -2.09. The zero-order valence-corrected chi connectivity index (χ0v) is 13.6. The molecule has 0 saturated heterocycles. The van der Waals surface area contributed by atoms with E-state index < -0.39 is 6.09 Å². The minimum absolute atomic E-state index is 0.293. The van der Waals surface area contributed by atoms with Gasteiger partial charge in [-0.2, -0.15) is 5.26 Å². The van der Waals surface area contributed by atoms with Gasteiger partial charge >= 0.3 is 6.09 Å². The van der Waals surface area contributed by atoms with Crippen LogP contribution in [0.4, 0.5) is 16.3 Å². The van der Waals surface area contributed by atoms with E-state index in [1.165, 1.54) is 6.20 Å². The van der Waals surface area contributed by atoms with Gasteiger partial charge in [0.25, 0.3) is 0 Å². The molecule has 0 unspecified atom stereocenters. The molecule has 120 valence electrons. The van der Waals surface area contributed by atoms with E-state index in [1.807, 2.05) is 0 Å². The highest BCUT2D eigenvalue weighted by Crippen LogP contribution is 2.31. The molecule has 1 aromatic heterocycles. The number of benzene rings is 1. The molecule has 0 radical (unpaired) electrons. The van der Waals surface area contributed by atoms with Gasteiger partial charge in [0.1, 0.15) is 6.07 Å². The van der Waals surface area contributed by atoms with Crippen LogP contribution in [0.5, 0.6) is 0 Å². The maximum absolute atomic E-state index is 11.5. The molecule has 0 spiro atoms. The minimum atomic E-state index is -0.525. The van der Waals surface area contributed by atoms with Gasteiger partial charge in [0, 0.05) is 34.5 Å². The van der Waals surface area contributed by atoms with Gasteiger partial charge in [0.2, 0.25) is 0 Å². The Kier molecular flexibility index (Phi) is 4.45. The first kappa shape index (κ1) is 16.0. The van der Waals surface area contributed by atoms with Crippen molar-refractivity contribution in [2.24, 2.45) is 4.99 Å². The SMILES string of the molecule is CCOC(=O)Nc1ccc(Cl)c(C2=Nc3ncc(C#N)cc3C2)c1. The van der Waals surface area contributed by atoms with Crippen LogP contribution in [-0.2, 0) is 11.2 Å². The number of hydrogen-bond acceptors (Lipinski definition) is 5. The number of carbonyl (C=O) groups excluding carboxylic acids is 1. The molecule has 1 amide bonds. The van der Waals surface area contributed by atoms with Crippen LogP contribution in [0.1, 0.15) is 23.6 Å². The Morgan fingerprint density at radius 2 is 2.29 bits per heavy atom. The van der Waals surface area contributed by atoms with E-state index in [2.05, 4.69) is 21.4 Å². The highest BCUT2D eigenvalue weighted by atomic mass is 35.5. The molecule has 1 aromatic carbocycles. The molecule has 3 rings (SSSR count). The van der Waals surface area contributed by atoms with Gasteiger partial charge in [-0.3, -0.25) is 5.32 Å². The predicted octanol–water partition coefficient (Wildman–Crippen LogP) is 3.85. The number of halogens is 1. The summed E-state index contributed by atoms with van der Waals surface area (Å²) < 4.78 is 4.86. The fourth-order valence-electron chi connectivity index (χ4n) is 2.41. The number of rotatable bonds is 3. The number of nitriles is 1. The summed E-state index contributed by atoms with van der Waals surface area (Å²) in [7, 11) is 0. The van der Waals surface area contributed by atoms with Crippen LogP contribution in [0.3, 0.4) is 0 Å². The lowest BCUT2D eigenvalue weighted by Crippen LogP contribution is -2.14. The average Bonchev–Trinajstić information content (AvgIpc) is 2.99. The number of hydrogen-bond donors (Lipinski definition) is 1. The monoisotopic (exact) mass is 340 g/mol. The highest BCUT2D eigenvalue weighted by Gasteiger charge is 2.20. The molecule has 2 aromatic rings. The first-order valence-corrected chi connectivity index (χ1v) is 7.68. The molecule has 0 atom stereocenters. The van der Waals surface area contributed by atoms with Crippen LogP contribution in [0.25, 0.3) is 0 Å². The topological polar surface area (TPSA) is 87.4 Å². The van der Waals surface area contributed by atoms with Crippen molar-refractivity contribution < 1.29 is 9.53 Å². The molecular formula is C17H13ClN4O2. The third-order valence-corrected chi connectivity index (χ3v) is 3.80. The highest BCUT2D eigenvalue weighted by molar-refractivity contribution is 6.34.